The first-order chi connectivity index (χ1) is 22.2. The quantitative estimate of drug-likeness (QED) is 0.227. The molecule has 0 saturated carbocycles. The van der Waals surface area contributed by atoms with Gasteiger partial charge in [0.15, 0.2) is 5.82 Å². The van der Waals surface area contributed by atoms with Crippen LogP contribution in [0.2, 0.25) is 0 Å². The van der Waals surface area contributed by atoms with Crippen LogP contribution in [0.3, 0.4) is 0 Å². The van der Waals surface area contributed by atoms with Gasteiger partial charge in [0, 0.05) is 50.6 Å². The summed E-state index contributed by atoms with van der Waals surface area (Å²) < 4.78 is 53.6. The van der Waals surface area contributed by atoms with Crippen LogP contribution in [0.25, 0.3) is 32.9 Å². The molecule has 0 amide bonds. The van der Waals surface area contributed by atoms with E-state index in [0.717, 1.165) is 24.9 Å². The van der Waals surface area contributed by atoms with Crippen LogP contribution >= 0.6 is 0 Å². The molecule has 238 valence electrons. The summed E-state index contributed by atoms with van der Waals surface area (Å²) in [6.45, 7) is 3.35. The summed E-state index contributed by atoms with van der Waals surface area (Å²) in [5, 5.41) is 15.0. The Morgan fingerprint density at radius 3 is 2.83 bits per heavy atom. The lowest BCUT2D eigenvalue weighted by Gasteiger charge is -2.30. The fourth-order valence-corrected chi connectivity index (χ4v) is 7.05. The highest BCUT2D eigenvalue weighted by Gasteiger charge is 2.49. The van der Waals surface area contributed by atoms with E-state index >= 15 is 4.39 Å². The molecule has 2 fully saturated rings. The van der Waals surface area contributed by atoms with E-state index in [2.05, 4.69) is 25.2 Å². The number of ether oxygens (including phenoxy) is 1. The van der Waals surface area contributed by atoms with Crippen molar-refractivity contribution in [3.8, 4) is 23.0 Å². The Kier molecular flexibility index (Phi) is 7.54. The van der Waals surface area contributed by atoms with Crippen LogP contribution in [0.4, 0.5) is 19.0 Å². The number of phenols is 1. The van der Waals surface area contributed by atoms with E-state index in [1.165, 1.54) is 41.1 Å². The number of hydrogen-bond donors (Lipinski definition) is 2. The Balaban J connectivity index is 1.34. The fraction of sp³-hybridized carbons (Fsp3) is 0.353. The number of aromatic nitrogens is 4. The topological polar surface area (TPSA) is 105 Å². The van der Waals surface area contributed by atoms with E-state index in [-0.39, 0.29) is 58.4 Å². The van der Waals surface area contributed by atoms with Crippen molar-refractivity contribution in [1.29, 1.82) is 0 Å². The molecule has 7 rings (SSSR count). The van der Waals surface area contributed by atoms with E-state index in [1.54, 1.807) is 26.2 Å². The van der Waals surface area contributed by atoms with Crippen molar-refractivity contribution in [2.24, 2.45) is 7.05 Å². The number of halogens is 3. The Labute approximate surface area is 262 Å². The number of pyridine rings is 2. The minimum absolute atomic E-state index is 0.0838. The zero-order valence-electron chi connectivity index (χ0n) is 25.5. The van der Waals surface area contributed by atoms with Crippen LogP contribution in [0.5, 0.6) is 11.8 Å². The zero-order valence-corrected chi connectivity index (χ0v) is 25.5. The smallest absolute Gasteiger partial charge is 0.319 e. The summed E-state index contributed by atoms with van der Waals surface area (Å²) >= 11 is 0. The molecule has 5 aromatic rings. The number of anilines is 1. The van der Waals surface area contributed by atoms with Gasteiger partial charge in [-0.15, -0.1) is 0 Å². The number of nitrogens with one attached hydrogen (secondary N) is 1. The van der Waals surface area contributed by atoms with Gasteiger partial charge in [-0.1, -0.05) is 19.1 Å². The first-order valence-electron chi connectivity index (χ1n) is 15.4. The minimum atomic E-state index is -0.943. The summed E-state index contributed by atoms with van der Waals surface area (Å²) in [5.74, 6) is -1.09. The largest absolute Gasteiger partial charge is 0.508 e. The van der Waals surface area contributed by atoms with Crippen molar-refractivity contribution >= 4 is 27.5 Å². The first kappa shape index (κ1) is 30.0. The molecule has 3 aromatic heterocycles. The number of phenolic OH excluding ortho intramolecular Hbond substituents is 1. The lowest BCUT2D eigenvalue weighted by atomic mass is 9.94. The zero-order chi connectivity index (χ0) is 32.2. The second-order valence-electron chi connectivity index (χ2n) is 12.2. The molecule has 0 aliphatic carbocycles. The molecule has 2 aliphatic heterocycles. The number of hydrogen-bond acceptors (Lipinski definition) is 8. The maximum absolute atomic E-state index is 16.7. The van der Waals surface area contributed by atoms with Gasteiger partial charge in [-0.3, -0.25) is 14.7 Å². The van der Waals surface area contributed by atoms with E-state index < -0.39 is 23.3 Å². The average Bonchev–Trinajstić information content (AvgIpc) is 3.56. The predicted octanol–water partition coefficient (Wildman–Crippen LogP) is 5.66. The third kappa shape index (κ3) is 5.20. The molecule has 2 atom stereocenters. The van der Waals surface area contributed by atoms with Crippen LogP contribution in [-0.2, 0) is 20.0 Å². The maximum Gasteiger partial charge on any atom is 0.319 e. The highest BCUT2D eigenvalue weighted by Crippen LogP contribution is 2.41. The number of aryl methyl sites for hydroxylation is 2. The highest BCUT2D eigenvalue weighted by molar-refractivity contribution is 6.01. The van der Waals surface area contributed by atoms with Gasteiger partial charge in [-0.25, -0.2) is 13.2 Å². The lowest BCUT2D eigenvalue weighted by Crippen LogP contribution is -2.43. The Morgan fingerprint density at radius 2 is 2.02 bits per heavy atom. The molecular weight excluding hydrogens is 597 g/mol. The third-order valence-corrected chi connectivity index (χ3v) is 9.26. The third-order valence-electron chi connectivity index (χ3n) is 9.26. The summed E-state index contributed by atoms with van der Waals surface area (Å²) in [6, 6.07) is 8.80. The normalized spacial score (nSPS) is 19.6. The standard InChI is InChI=1S/C34H33F3N6O3/c1-3-23-26(36)7-6-20-11-22(44)12-24(28(20)23)30-29(37)31-25(15-38-30)32(39-14-19-5-8-27(45)42(2)16-19)41-33(40-31)46-18-34-9-4-10-43(34)17-21(35)13-34/h5-8,11-12,15-16,21,44H,3-4,9-10,13-14,17-18H2,1-2H3,(H,39,40,41)/t21-,34+/m1/s1. The molecule has 0 unspecified atom stereocenters. The molecule has 2 aromatic carbocycles. The number of benzene rings is 2. The number of alkyl halides is 1. The van der Waals surface area contributed by atoms with Crippen LogP contribution < -0.4 is 15.6 Å². The predicted molar refractivity (Wildman–Crippen MR) is 169 cm³/mol. The number of nitrogens with zero attached hydrogens (tertiary/aromatic N) is 5. The van der Waals surface area contributed by atoms with Crippen LogP contribution in [0.15, 0.2) is 53.6 Å². The van der Waals surface area contributed by atoms with Crippen molar-refractivity contribution in [3.63, 3.8) is 0 Å². The van der Waals surface area contributed by atoms with Crippen molar-refractivity contribution in [2.75, 3.05) is 25.0 Å². The highest BCUT2D eigenvalue weighted by atomic mass is 19.1. The monoisotopic (exact) mass is 630 g/mol. The SMILES string of the molecule is CCc1c(F)ccc2cc(O)cc(-c3ncc4c(NCc5ccc(=O)n(C)c5)nc(OC[C@@]56CCCN5C[C@H](F)C6)nc4c3F)c12. The van der Waals surface area contributed by atoms with E-state index in [0.29, 0.717) is 35.7 Å². The molecule has 46 heavy (non-hydrogen) atoms. The summed E-state index contributed by atoms with van der Waals surface area (Å²) in [5.41, 5.74) is 0.568. The molecule has 2 saturated heterocycles. The molecular formula is C34H33F3N6O3. The van der Waals surface area contributed by atoms with E-state index in [1.807, 2.05) is 0 Å². The van der Waals surface area contributed by atoms with E-state index in [9.17, 15) is 18.7 Å². The van der Waals surface area contributed by atoms with Crippen LogP contribution in [0, 0.1) is 11.6 Å². The van der Waals surface area contributed by atoms with Gasteiger partial charge >= 0.3 is 6.01 Å². The minimum Gasteiger partial charge on any atom is -0.508 e. The maximum atomic E-state index is 16.7. The molecule has 0 spiro atoms. The summed E-state index contributed by atoms with van der Waals surface area (Å²) in [4.78, 5) is 27.5. The van der Waals surface area contributed by atoms with Gasteiger partial charge < -0.3 is 19.7 Å². The Bertz CT molecular complexity index is 2050. The van der Waals surface area contributed by atoms with Gasteiger partial charge in [-0.05, 0) is 65.9 Å². The summed E-state index contributed by atoms with van der Waals surface area (Å²) in [6.07, 6.45) is 4.58. The van der Waals surface area contributed by atoms with E-state index in [4.69, 9.17) is 4.74 Å². The van der Waals surface area contributed by atoms with Crippen molar-refractivity contribution in [3.05, 3.63) is 81.9 Å². The second kappa shape index (κ2) is 11.6. The summed E-state index contributed by atoms with van der Waals surface area (Å²) in [7, 11) is 1.65. The Morgan fingerprint density at radius 1 is 1.17 bits per heavy atom. The van der Waals surface area contributed by atoms with Gasteiger partial charge in [0.2, 0.25) is 5.56 Å². The number of aromatic hydroxyl groups is 1. The Hall–Kier alpha value is -4.71. The number of fused-ring (bicyclic) bond motifs is 3. The number of rotatable bonds is 8. The van der Waals surface area contributed by atoms with Gasteiger partial charge in [0.05, 0.1) is 10.9 Å². The first-order valence-corrected chi connectivity index (χ1v) is 15.4. The van der Waals surface area contributed by atoms with Gasteiger partial charge in [0.25, 0.3) is 0 Å². The molecule has 5 heterocycles. The van der Waals surface area contributed by atoms with Gasteiger partial charge in [0.1, 0.15) is 41.4 Å². The fourth-order valence-electron chi connectivity index (χ4n) is 7.05. The molecule has 2 aliphatic rings. The molecule has 2 N–H and O–H groups in total. The lowest BCUT2D eigenvalue weighted by molar-refractivity contribution is 0.107. The van der Waals surface area contributed by atoms with Crippen molar-refractivity contribution < 1.29 is 23.0 Å². The molecule has 0 bridgehead atoms. The van der Waals surface area contributed by atoms with Crippen molar-refractivity contribution in [1.82, 2.24) is 24.4 Å². The van der Waals surface area contributed by atoms with Gasteiger partial charge in [-0.2, -0.15) is 9.97 Å². The van der Waals surface area contributed by atoms with Crippen LogP contribution in [-0.4, -0.2) is 60.9 Å². The van der Waals surface area contributed by atoms with Crippen molar-refractivity contribution in [2.45, 2.75) is 50.9 Å². The molecule has 9 nitrogen and oxygen atoms in total. The second-order valence-corrected chi connectivity index (χ2v) is 12.2. The average molecular weight is 631 g/mol. The molecule has 12 heteroatoms. The van der Waals surface area contributed by atoms with Crippen LogP contribution in [0.1, 0.15) is 37.3 Å². The molecule has 0 radical (unpaired) electrons.